The van der Waals surface area contributed by atoms with Crippen LogP contribution < -0.4 is 25.5 Å². The fraction of sp³-hybridized carbons (Fsp3) is 0.250. The summed E-state index contributed by atoms with van der Waals surface area (Å²) in [5, 5.41) is 0. The maximum atomic E-state index is 5.47. The number of nitrogens with zero attached hydrogens (tertiary/aromatic N) is 3. The van der Waals surface area contributed by atoms with Gasteiger partial charge in [-0.15, -0.1) is 4.98 Å². The van der Waals surface area contributed by atoms with Crippen molar-refractivity contribution in [2.24, 2.45) is 5.84 Å². The average molecular weight is 277 g/mol. The molecule has 0 amide bonds. The van der Waals surface area contributed by atoms with Crippen molar-refractivity contribution in [1.29, 1.82) is 0 Å². The molecule has 3 N–H and O–H groups in total. The molecule has 0 radical (unpaired) electrons. The molecule has 0 aliphatic heterocycles. The molecule has 8 nitrogen and oxygen atoms in total. The quantitative estimate of drug-likeness (QED) is 0.589. The predicted octanol–water partition coefficient (Wildman–Crippen LogP) is 0.753. The average Bonchev–Trinajstić information content (AvgIpc) is 2.53. The summed E-state index contributed by atoms with van der Waals surface area (Å²) >= 11 is 0. The van der Waals surface area contributed by atoms with Gasteiger partial charge in [0.2, 0.25) is 5.95 Å². The van der Waals surface area contributed by atoms with Crippen LogP contribution in [0.5, 0.6) is 17.8 Å². The van der Waals surface area contributed by atoms with E-state index >= 15 is 0 Å². The van der Waals surface area contributed by atoms with Crippen LogP contribution in [-0.4, -0.2) is 29.2 Å². The molecule has 2 aromatic rings. The van der Waals surface area contributed by atoms with Gasteiger partial charge in [0.1, 0.15) is 12.4 Å². The number of ether oxygens (including phenoxy) is 3. The Kier molecular flexibility index (Phi) is 4.51. The normalized spacial score (nSPS) is 9.95. The molecule has 106 valence electrons. The largest absolute Gasteiger partial charge is 0.497 e. The van der Waals surface area contributed by atoms with Gasteiger partial charge in [-0.05, 0) is 17.7 Å². The Morgan fingerprint density at radius 2 is 1.70 bits per heavy atom. The van der Waals surface area contributed by atoms with Gasteiger partial charge in [0.25, 0.3) is 0 Å². The number of nitrogens with two attached hydrogens (primary N) is 1. The summed E-state index contributed by atoms with van der Waals surface area (Å²) < 4.78 is 15.5. The lowest BCUT2D eigenvalue weighted by atomic mass is 10.2. The first-order chi connectivity index (χ1) is 9.75. The van der Waals surface area contributed by atoms with Gasteiger partial charge < -0.3 is 14.2 Å². The van der Waals surface area contributed by atoms with E-state index in [9.17, 15) is 0 Å². The standard InChI is InChI=1S/C12H15N5O3/c1-18-9-5-3-8(4-6-9)7-20-12-15-10(17-13)14-11(16-12)19-2/h3-6H,7,13H2,1-2H3,(H,14,15,16,17). The third-order valence-electron chi connectivity index (χ3n) is 2.43. The van der Waals surface area contributed by atoms with Crippen molar-refractivity contribution in [3.8, 4) is 17.8 Å². The first kappa shape index (κ1) is 13.8. The lowest BCUT2D eigenvalue weighted by molar-refractivity contribution is 0.271. The van der Waals surface area contributed by atoms with Crippen LogP contribution in [0.15, 0.2) is 24.3 Å². The molecule has 0 fully saturated rings. The molecule has 8 heteroatoms. The molecule has 0 spiro atoms. The fourth-order valence-corrected chi connectivity index (χ4v) is 1.43. The number of hydrazine groups is 1. The highest BCUT2D eigenvalue weighted by molar-refractivity contribution is 5.28. The highest BCUT2D eigenvalue weighted by atomic mass is 16.5. The molecule has 1 aromatic heterocycles. The topological polar surface area (TPSA) is 104 Å². The number of methoxy groups -OCH3 is 2. The Morgan fingerprint density at radius 3 is 2.30 bits per heavy atom. The van der Waals surface area contributed by atoms with Gasteiger partial charge in [-0.1, -0.05) is 12.1 Å². The van der Waals surface area contributed by atoms with E-state index in [-0.39, 0.29) is 18.0 Å². The zero-order valence-corrected chi connectivity index (χ0v) is 11.2. The maximum Gasteiger partial charge on any atom is 0.324 e. The Hall–Kier alpha value is -2.61. The molecule has 0 aliphatic rings. The maximum absolute atomic E-state index is 5.47. The molecule has 0 aliphatic carbocycles. The zero-order chi connectivity index (χ0) is 14.4. The second-order valence-corrected chi connectivity index (χ2v) is 3.71. The number of aromatic nitrogens is 3. The lowest BCUT2D eigenvalue weighted by Crippen LogP contribution is -2.13. The molecule has 1 aromatic carbocycles. The lowest BCUT2D eigenvalue weighted by Gasteiger charge is -2.07. The number of nitrogen functional groups attached to an aromatic ring is 1. The smallest absolute Gasteiger partial charge is 0.324 e. The molecule has 0 unspecified atom stereocenters. The van der Waals surface area contributed by atoms with Crippen molar-refractivity contribution in [2.45, 2.75) is 6.61 Å². The van der Waals surface area contributed by atoms with Crippen LogP contribution >= 0.6 is 0 Å². The monoisotopic (exact) mass is 277 g/mol. The van der Waals surface area contributed by atoms with Crippen molar-refractivity contribution in [3.63, 3.8) is 0 Å². The van der Waals surface area contributed by atoms with Crippen LogP contribution in [0.1, 0.15) is 5.56 Å². The van der Waals surface area contributed by atoms with Gasteiger partial charge in [-0.25, -0.2) is 5.84 Å². The Bertz CT molecular complexity index is 539. The molecule has 2 rings (SSSR count). The highest BCUT2D eigenvalue weighted by Crippen LogP contribution is 2.15. The Balaban J connectivity index is 2.05. The molecular weight excluding hydrogens is 262 g/mol. The number of hydrogen-bond acceptors (Lipinski definition) is 8. The van der Waals surface area contributed by atoms with E-state index < -0.39 is 0 Å². The molecular formula is C12H15N5O3. The summed E-state index contributed by atoms with van der Waals surface area (Å²) in [4.78, 5) is 11.8. The van der Waals surface area contributed by atoms with Gasteiger partial charge in [0.15, 0.2) is 0 Å². The summed E-state index contributed by atoms with van der Waals surface area (Å²) in [6.07, 6.45) is 0. The highest BCUT2D eigenvalue weighted by Gasteiger charge is 2.07. The second-order valence-electron chi connectivity index (χ2n) is 3.71. The van der Waals surface area contributed by atoms with Crippen molar-refractivity contribution in [3.05, 3.63) is 29.8 Å². The SMILES string of the molecule is COc1ccc(COc2nc(NN)nc(OC)n2)cc1. The summed E-state index contributed by atoms with van der Waals surface area (Å²) in [5.41, 5.74) is 3.27. The number of rotatable bonds is 6. The van der Waals surface area contributed by atoms with E-state index in [2.05, 4.69) is 20.4 Å². The van der Waals surface area contributed by atoms with Crippen molar-refractivity contribution in [2.75, 3.05) is 19.6 Å². The van der Waals surface area contributed by atoms with Crippen molar-refractivity contribution < 1.29 is 14.2 Å². The molecule has 0 atom stereocenters. The summed E-state index contributed by atoms with van der Waals surface area (Å²) in [6.45, 7) is 0.307. The Morgan fingerprint density at radius 1 is 1.00 bits per heavy atom. The van der Waals surface area contributed by atoms with Crippen LogP contribution in [0.2, 0.25) is 0 Å². The number of benzene rings is 1. The molecule has 0 saturated heterocycles. The second kappa shape index (κ2) is 6.53. The zero-order valence-electron chi connectivity index (χ0n) is 11.2. The van der Waals surface area contributed by atoms with Gasteiger partial charge in [0.05, 0.1) is 14.2 Å². The van der Waals surface area contributed by atoms with E-state index in [1.165, 1.54) is 7.11 Å². The van der Waals surface area contributed by atoms with Crippen LogP contribution in [-0.2, 0) is 6.61 Å². The minimum atomic E-state index is 0.123. The third-order valence-corrected chi connectivity index (χ3v) is 2.43. The summed E-state index contributed by atoms with van der Waals surface area (Å²) in [6, 6.07) is 7.72. The van der Waals surface area contributed by atoms with Gasteiger partial charge in [0, 0.05) is 0 Å². The molecule has 0 saturated carbocycles. The van der Waals surface area contributed by atoms with Crippen LogP contribution in [0.3, 0.4) is 0 Å². The fourth-order valence-electron chi connectivity index (χ4n) is 1.43. The van der Waals surface area contributed by atoms with Crippen LogP contribution in [0.25, 0.3) is 0 Å². The van der Waals surface area contributed by atoms with E-state index in [1.54, 1.807) is 7.11 Å². The summed E-state index contributed by atoms with van der Waals surface area (Å²) in [7, 11) is 3.06. The van der Waals surface area contributed by atoms with Gasteiger partial charge >= 0.3 is 12.0 Å². The minimum absolute atomic E-state index is 0.123. The number of anilines is 1. The number of hydrogen-bond donors (Lipinski definition) is 2. The van der Waals surface area contributed by atoms with E-state index in [1.807, 2.05) is 24.3 Å². The van der Waals surface area contributed by atoms with E-state index in [4.69, 9.17) is 20.1 Å². The van der Waals surface area contributed by atoms with E-state index in [0.29, 0.717) is 6.61 Å². The van der Waals surface area contributed by atoms with E-state index in [0.717, 1.165) is 11.3 Å². The number of nitrogens with one attached hydrogen (secondary N) is 1. The van der Waals surface area contributed by atoms with Crippen molar-refractivity contribution in [1.82, 2.24) is 15.0 Å². The van der Waals surface area contributed by atoms with Crippen molar-refractivity contribution >= 4 is 5.95 Å². The third kappa shape index (κ3) is 3.45. The molecule has 1 heterocycles. The first-order valence-electron chi connectivity index (χ1n) is 5.77. The predicted molar refractivity (Wildman–Crippen MR) is 71.5 cm³/mol. The molecule has 0 bridgehead atoms. The van der Waals surface area contributed by atoms with Gasteiger partial charge in [-0.2, -0.15) is 9.97 Å². The minimum Gasteiger partial charge on any atom is -0.497 e. The first-order valence-corrected chi connectivity index (χ1v) is 5.77. The van der Waals surface area contributed by atoms with Crippen LogP contribution in [0, 0.1) is 0 Å². The van der Waals surface area contributed by atoms with Gasteiger partial charge in [-0.3, -0.25) is 5.43 Å². The Labute approximate surface area is 115 Å². The summed E-state index contributed by atoms with van der Waals surface area (Å²) in [5.74, 6) is 6.20. The van der Waals surface area contributed by atoms with Crippen LogP contribution in [0.4, 0.5) is 5.95 Å². The molecule has 20 heavy (non-hydrogen) atoms.